The number of fused-ring (bicyclic) bond motifs is 2. The van der Waals surface area contributed by atoms with Crippen molar-refractivity contribution < 1.29 is 14.3 Å². The van der Waals surface area contributed by atoms with Crippen LogP contribution in [-0.4, -0.2) is 83.6 Å². The number of carbonyl (C=O) groups is 2. The lowest BCUT2D eigenvalue weighted by Crippen LogP contribution is -2.54. The minimum Gasteiger partial charge on any atom is -0.378 e. The van der Waals surface area contributed by atoms with Crippen LogP contribution >= 0.6 is 0 Å². The van der Waals surface area contributed by atoms with Crippen LogP contribution in [0.2, 0.25) is 0 Å². The second-order valence-electron chi connectivity index (χ2n) is 8.62. The molecule has 0 aliphatic carbocycles. The number of aromatic amines is 1. The number of carbonyl (C=O) groups excluding carboxylic acids is 2. The SMILES string of the molecule is C=CCCN1CC(c2cc(C(=O)N3CCOCC3)c3nc[nH]c3c2)C2CCNC2C1=O. The number of H-pyrrole nitrogens is 1. The highest BCUT2D eigenvalue weighted by molar-refractivity contribution is 6.05. The molecule has 3 atom stereocenters. The monoisotopic (exact) mass is 423 g/mol. The summed E-state index contributed by atoms with van der Waals surface area (Å²) >= 11 is 0. The number of rotatable bonds is 5. The Bertz CT molecular complexity index is 996. The summed E-state index contributed by atoms with van der Waals surface area (Å²) in [5, 5.41) is 3.41. The second-order valence-corrected chi connectivity index (χ2v) is 8.62. The third-order valence-corrected chi connectivity index (χ3v) is 6.89. The lowest BCUT2D eigenvalue weighted by molar-refractivity contribution is -0.137. The van der Waals surface area contributed by atoms with Crippen molar-refractivity contribution in [2.24, 2.45) is 5.92 Å². The average Bonchev–Trinajstić information content (AvgIpc) is 3.48. The molecule has 3 aliphatic rings. The fourth-order valence-electron chi connectivity index (χ4n) is 5.27. The van der Waals surface area contributed by atoms with E-state index in [0.29, 0.717) is 50.5 Å². The molecule has 2 N–H and O–H groups in total. The van der Waals surface area contributed by atoms with Crippen LogP contribution in [0.1, 0.15) is 34.7 Å². The Morgan fingerprint density at radius 2 is 2.16 bits per heavy atom. The van der Waals surface area contributed by atoms with Gasteiger partial charge in [-0.25, -0.2) is 4.98 Å². The van der Waals surface area contributed by atoms with Crippen molar-refractivity contribution in [2.75, 3.05) is 45.9 Å². The van der Waals surface area contributed by atoms with Crippen molar-refractivity contribution in [3.05, 3.63) is 42.2 Å². The van der Waals surface area contributed by atoms with Crippen molar-refractivity contribution in [1.82, 2.24) is 25.1 Å². The van der Waals surface area contributed by atoms with Crippen LogP contribution in [0.25, 0.3) is 11.0 Å². The van der Waals surface area contributed by atoms with E-state index in [1.807, 2.05) is 21.9 Å². The van der Waals surface area contributed by atoms with Gasteiger partial charge < -0.3 is 24.8 Å². The fourth-order valence-corrected chi connectivity index (χ4v) is 5.27. The molecule has 1 aromatic heterocycles. The predicted molar refractivity (Wildman–Crippen MR) is 117 cm³/mol. The number of benzene rings is 1. The standard InChI is InChI=1S/C23H29N5O3/c1-2-3-6-28-13-18(16-4-5-24-21(16)23(28)30)15-11-17(20-19(12-15)25-14-26-20)22(29)27-7-9-31-10-8-27/h2,11-12,14,16,18,21,24H,1,3-10,13H2,(H,25,26). The van der Waals surface area contributed by atoms with E-state index in [1.165, 1.54) is 0 Å². The van der Waals surface area contributed by atoms with Gasteiger partial charge in [-0.15, -0.1) is 6.58 Å². The number of morpholine rings is 1. The second kappa shape index (κ2) is 8.43. The van der Waals surface area contributed by atoms with E-state index in [4.69, 9.17) is 4.74 Å². The van der Waals surface area contributed by atoms with Gasteiger partial charge in [0.05, 0.1) is 36.7 Å². The van der Waals surface area contributed by atoms with Gasteiger partial charge in [-0.05, 0) is 43.0 Å². The van der Waals surface area contributed by atoms with Crippen LogP contribution < -0.4 is 5.32 Å². The third kappa shape index (κ3) is 3.64. The van der Waals surface area contributed by atoms with Crippen molar-refractivity contribution in [3.8, 4) is 0 Å². The number of nitrogens with zero attached hydrogens (tertiary/aromatic N) is 3. The van der Waals surface area contributed by atoms with Crippen LogP contribution in [0, 0.1) is 5.92 Å². The van der Waals surface area contributed by atoms with Gasteiger partial charge in [0.25, 0.3) is 5.91 Å². The molecule has 5 rings (SSSR count). The van der Waals surface area contributed by atoms with Gasteiger partial charge in [0.15, 0.2) is 0 Å². The first kappa shape index (κ1) is 20.2. The molecule has 0 radical (unpaired) electrons. The summed E-state index contributed by atoms with van der Waals surface area (Å²) in [5.74, 6) is 0.595. The molecule has 8 nitrogen and oxygen atoms in total. The number of amides is 2. The number of hydrogen-bond acceptors (Lipinski definition) is 5. The number of hydrogen-bond donors (Lipinski definition) is 2. The molecule has 3 aliphatic heterocycles. The third-order valence-electron chi connectivity index (χ3n) is 6.89. The predicted octanol–water partition coefficient (Wildman–Crippen LogP) is 1.52. The molecule has 3 unspecified atom stereocenters. The summed E-state index contributed by atoms with van der Waals surface area (Å²) < 4.78 is 5.41. The first-order chi connectivity index (χ1) is 15.2. The van der Waals surface area contributed by atoms with Gasteiger partial charge in [0.1, 0.15) is 5.52 Å². The van der Waals surface area contributed by atoms with E-state index in [1.54, 1.807) is 6.33 Å². The number of piperidine rings is 1. The number of aromatic nitrogens is 2. The van der Waals surface area contributed by atoms with Crippen LogP contribution in [0.15, 0.2) is 31.1 Å². The number of nitrogens with one attached hydrogen (secondary N) is 2. The highest BCUT2D eigenvalue weighted by Crippen LogP contribution is 2.39. The van der Waals surface area contributed by atoms with Crippen LogP contribution in [-0.2, 0) is 9.53 Å². The summed E-state index contributed by atoms with van der Waals surface area (Å²) in [4.78, 5) is 37.8. The minimum atomic E-state index is -0.153. The Kier molecular flexibility index (Phi) is 5.50. The molecule has 0 spiro atoms. The fraction of sp³-hybridized carbons (Fsp3) is 0.522. The maximum Gasteiger partial charge on any atom is 0.256 e. The first-order valence-electron chi connectivity index (χ1n) is 11.1. The minimum absolute atomic E-state index is 0.00116. The van der Waals surface area contributed by atoms with Crippen molar-refractivity contribution in [2.45, 2.75) is 24.8 Å². The summed E-state index contributed by atoms with van der Waals surface area (Å²) in [6.07, 6.45) is 5.23. The maximum absolute atomic E-state index is 13.4. The zero-order valence-corrected chi connectivity index (χ0v) is 17.7. The van der Waals surface area contributed by atoms with E-state index in [2.05, 4.69) is 27.9 Å². The molecule has 31 heavy (non-hydrogen) atoms. The van der Waals surface area contributed by atoms with Crippen LogP contribution in [0.5, 0.6) is 0 Å². The molecule has 0 bridgehead atoms. The number of imidazole rings is 1. The summed E-state index contributed by atoms with van der Waals surface area (Å²) in [6.45, 7) is 8.31. The molecule has 2 aromatic rings. The number of likely N-dealkylation sites (tertiary alicyclic amines) is 1. The highest BCUT2D eigenvalue weighted by atomic mass is 16.5. The Morgan fingerprint density at radius 1 is 1.32 bits per heavy atom. The van der Waals surface area contributed by atoms with E-state index >= 15 is 0 Å². The maximum atomic E-state index is 13.4. The Hall–Kier alpha value is -2.71. The van der Waals surface area contributed by atoms with Crippen LogP contribution in [0.3, 0.4) is 0 Å². The smallest absolute Gasteiger partial charge is 0.256 e. The molecule has 3 saturated heterocycles. The molecule has 2 amide bonds. The van der Waals surface area contributed by atoms with Crippen molar-refractivity contribution in [1.29, 1.82) is 0 Å². The number of ether oxygens (including phenoxy) is 1. The van der Waals surface area contributed by atoms with Crippen LogP contribution in [0.4, 0.5) is 0 Å². The van der Waals surface area contributed by atoms with Gasteiger partial charge in [0, 0.05) is 32.1 Å². The van der Waals surface area contributed by atoms with Gasteiger partial charge >= 0.3 is 0 Å². The zero-order chi connectivity index (χ0) is 21.4. The Labute approximate surface area is 181 Å². The van der Waals surface area contributed by atoms with E-state index in [0.717, 1.165) is 30.5 Å². The summed E-state index contributed by atoms with van der Waals surface area (Å²) in [7, 11) is 0. The Balaban J connectivity index is 1.52. The van der Waals surface area contributed by atoms with Gasteiger partial charge in [-0.3, -0.25) is 9.59 Å². The van der Waals surface area contributed by atoms with E-state index < -0.39 is 0 Å². The van der Waals surface area contributed by atoms with E-state index in [-0.39, 0.29) is 29.7 Å². The average molecular weight is 424 g/mol. The molecule has 164 valence electrons. The summed E-state index contributed by atoms with van der Waals surface area (Å²) in [6, 6.07) is 3.97. The molecular weight excluding hydrogens is 394 g/mol. The Morgan fingerprint density at radius 3 is 2.97 bits per heavy atom. The van der Waals surface area contributed by atoms with E-state index in [9.17, 15) is 9.59 Å². The molecular formula is C23H29N5O3. The normalized spacial score (nSPS) is 26.3. The van der Waals surface area contributed by atoms with Gasteiger partial charge in [0.2, 0.25) is 5.91 Å². The zero-order valence-electron chi connectivity index (χ0n) is 17.7. The highest BCUT2D eigenvalue weighted by Gasteiger charge is 2.45. The quantitative estimate of drug-likeness (QED) is 0.712. The molecule has 3 fully saturated rings. The lowest BCUT2D eigenvalue weighted by Gasteiger charge is -2.40. The molecule has 8 heteroatoms. The van der Waals surface area contributed by atoms with Gasteiger partial charge in [-0.1, -0.05) is 6.08 Å². The van der Waals surface area contributed by atoms with Crippen molar-refractivity contribution >= 4 is 22.8 Å². The van der Waals surface area contributed by atoms with Gasteiger partial charge in [-0.2, -0.15) is 0 Å². The largest absolute Gasteiger partial charge is 0.378 e. The van der Waals surface area contributed by atoms with Crippen molar-refractivity contribution in [3.63, 3.8) is 0 Å². The topological polar surface area (TPSA) is 90.6 Å². The summed E-state index contributed by atoms with van der Waals surface area (Å²) in [5.41, 5.74) is 3.30. The molecule has 1 aromatic carbocycles. The lowest BCUT2D eigenvalue weighted by atomic mass is 9.77. The molecule has 0 saturated carbocycles. The molecule has 4 heterocycles. The first-order valence-corrected chi connectivity index (χ1v) is 11.1.